The SMILES string of the molecule is Cc1nc2c(cc(-c3ccc(-c4ccc5c(cnn5C)c4)nc3)n2C)c(-c2cc(F)c3c(c2C)CCCO3)c1CC(=O)O. The van der Waals surface area contributed by atoms with Gasteiger partial charge in [-0.05, 0) is 85.3 Å². The monoisotopic (exact) mass is 575 g/mol. The summed E-state index contributed by atoms with van der Waals surface area (Å²) in [5.41, 5.74) is 9.63. The van der Waals surface area contributed by atoms with E-state index in [4.69, 9.17) is 14.7 Å². The third-order valence-corrected chi connectivity index (χ3v) is 8.62. The molecule has 0 spiro atoms. The van der Waals surface area contributed by atoms with Crippen LogP contribution in [0.4, 0.5) is 4.39 Å². The molecule has 43 heavy (non-hydrogen) atoms. The Balaban J connectivity index is 1.39. The van der Waals surface area contributed by atoms with Gasteiger partial charge in [0.1, 0.15) is 5.65 Å². The first-order valence-corrected chi connectivity index (χ1v) is 14.3. The quantitative estimate of drug-likeness (QED) is 0.250. The van der Waals surface area contributed by atoms with Crippen molar-refractivity contribution in [3.63, 3.8) is 0 Å². The number of hydrogen-bond acceptors (Lipinski definition) is 5. The van der Waals surface area contributed by atoms with Gasteiger partial charge in [-0.2, -0.15) is 5.10 Å². The molecule has 0 amide bonds. The molecule has 1 aliphatic rings. The maximum atomic E-state index is 15.4. The summed E-state index contributed by atoms with van der Waals surface area (Å²) in [7, 11) is 3.85. The number of halogens is 1. The standard InChI is InChI=1S/C34H30FN5O3/c1-18-23-6-5-11-43-33(23)27(35)13-24(18)32-25(15-31(41)42)19(2)38-34-26(32)14-30(39(34)3)21-7-9-28(36-16-21)20-8-10-29-22(12-20)17-37-40(29)4/h7-10,12-14,16-17H,5-6,11,15H2,1-4H3,(H,41,42). The van der Waals surface area contributed by atoms with Gasteiger partial charge in [0.05, 0.1) is 36.1 Å². The van der Waals surface area contributed by atoms with E-state index < -0.39 is 11.8 Å². The number of pyridine rings is 2. The highest BCUT2D eigenvalue weighted by atomic mass is 19.1. The van der Waals surface area contributed by atoms with Crippen molar-refractivity contribution < 1.29 is 19.0 Å². The molecular weight excluding hydrogens is 545 g/mol. The molecular formula is C34H30FN5O3. The third-order valence-electron chi connectivity index (χ3n) is 8.62. The van der Waals surface area contributed by atoms with Crippen molar-refractivity contribution in [1.29, 1.82) is 0 Å². The topological polar surface area (TPSA) is 95.1 Å². The Hall–Kier alpha value is -5.05. The Kier molecular flexibility index (Phi) is 6.27. The summed E-state index contributed by atoms with van der Waals surface area (Å²) in [6, 6.07) is 13.7. The smallest absolute Gasteiger partial charge is 0.307 e. The van der Waals surface area contributed by atoms with Crippen LogP contribution in [0.15, 0.2) is 54.9 Å². The van der Waals surface area contributed by atoms with Gasteiger partial charge in [-0.1, -0.05) is 6.07 Å². The Morgan fingerprint density at radius 2 is 1.88 bits per heavy atom. The molecule has 9 heteroatoms. The van der Waals surface area contributed by atoms with Crippen molar-refractivity contribution >= 4 is 27.9 Å². The van der Waals surface area contributed by atoms with Crippen LogP contribution >= 0.6 is 0 Å². The second kappa shape index (κ2) is 10.0. The fraction of sp³-hybridized carbons (Fsp3) is 0.235. The summed E-state index contributed by atoms with van der Waals surface area (Å²) in [5.74, 6) is -1.10. The van der Waals surface area contributed by atoms with Crippen LogP contribution < -0.4 is 4.74 Å². The molecule has 0 bridgehead atoms. The van der Waals surface area contributed by atoms with Gasteiger partial charge >= 0.3 is 5.97 Å². The minimum absolute atomic E-state index is 0.222. The zero-order valence-electron chi connectivity index (χ0n) is 24.4. The molecule has 0 saturated heterocycles. The number of ether oxygens (including phenoxy) is 1. The summed E-state index contributed by atoms with van der Waals surface area (Å²) < 4.78 is 24.9. The van der Waals surface area contributed by atoms with Crippen molar-refractivity contribution in [1.82, 2.24) is 24.3 Å². The highest BCUT2D eigenvalue weighted by Gasteiger charge is 2.26. The van der Waals surface area contributed by atoms with Gasteiger partial charge in [0, 0.05) is 53.4 Å². The summed E-state index contributed by atoms with van der Waals surface area (Å²) in [5, 5.41) is 16.0. The van der Waals surface area contributed by atoms with Crippen LogP contribution in [0.5, 0.6) is 5.75 Å². The summed E-state index contributed by atoms with van der Waals surface area (Å²) in [6.07, 6.45) is 4.97. The number of benzene rings is 2. The van der Waals surface area contributed by atoms with E-state index >= 15 is 4.39 Å². The van der Waals surface area contributed by atoms with E-state index in [2.05, 4.69) is 11.2 Å². The van der Waals surface area contributed by atoms with Crippen LogP contribution in [0.25, 0.3) is 55.6 Å². The van der Waals surface area contributed by atoms with Crippen molar-refractivity contribution in [3.05, 3.63) is 83.1 Å². The molecule has 0 atom stereocenters. The lowest BCUT2D eigenvalue weighted by Gasteiger charge is -2.23. The minimum Gasteiger partial charge on any atom is -0.490 e. The van der Waals surface area contributed by atoms with Crippen LogP contribution in [0.2, 0.25) is 0 Å². The zero-order chi connectivity index (χ0) is 30.0. The van der Waals surface area contributed by atoms with Crippen LogP contribution in [0, 0.1) is 19.7 Å². The lowest BCUT2D eigenvalue weighted by Crippen LogP contribution is -2.13. The van der Waals surface area contributed by atoms with Crippen molar-refractivity contribution in [2.75, 3.05) is 6.61 Å². The number of aromatic nitrogens is 5. The summed E-state index contributed by atoms with van der Waals surface area (Å²) in [4.78, 5) is 21.6. The van der Waals surface area contributed by atoms with Crippen LogP contribution in [0.1, 0.15) is 28.8 Å². The Morgan fingerprint density at radius 3 is 2.65 bits per heavy atom. The first-order valence-electron chi connectivity index (χ1n) is 14.3. The number of rotatable bonds is 5. The number of carboxylic acid groups (broad SMARTS) is 1. The number of carbonyl (C=O) groups is 1. The fourth-order valence-corrected chi connectivity index (χ4v) is 6.39. The molecule has 5 heterocycles. The molecule has 0 fully saturated rings. The Morgan fingerprint density at radius 1 is 1.07 bits per heavy atom. The van der Waals surface area contributed by atoms with Crippen molar-refractivity contribution in [2.45, 2.75) is 33.1 Å². The first-order chi connectivity index (χ1) is 20.7. The Bertz CT molecular complexity index is 2090. The number of carboxylic acids is 1. The number of fused-ring (bicyclic) bond motifs is 3. The third kappa shape index (κ3) is 4.34. The van der Waals surface area contributed by atoms with Gasteiger partial charge in [0.15, 0.2) is 11.6 Å². The molecule has 0 aliphatic carbocycles. The van der Waals surface area contributed by atoms with Crippen LogP contribution in [-0.4, -0.2) is 42.0 Å². The second-order valence-corrected chi connectivity index (χ2v) is 11.2. The number of aryl methyl sites for hydroxylation is 3. The van der Waals surface area contributed by atoms with Crippen LogP contribution in [-0.2, 0) is 31.7 Å². The molecule has 0 radical (unpaired) electrons. The van der Waals surface area contributed by atoms with Crippen molar-refractivity contribution in [3.8, 4) is 39.4 Å². The highest BCUT2D eigenvalue weighted by Crippen LogP contribution is 2.43. The molecule has 0 unspecified atom stereocenters. The van der Waals surface area contributed by atoms with Gasteiger partial charge in [-0.15, -0.1) is 0 Å². The summed E-state index contributed by atoms with van der Waals surface area (Å²) >= 11 is 0. The van der Waals surface area contributed by atoms with Crippen molar-refractivity contribution in [2.24, 2.45) is 14.1 Å². The molecule has 8 nitrogen and oxygen atoms in total. The van der Waals surface area contributed by atoms with E-state index in [9.17, 15) is 9.90 Å². The van der Waals surface area contributed by atoms with E-state index in [1.165, 1.54) is 6.07 Å². The molecule has 7 rings (SSSR count). The maximum Gasteiger partial charge on any atom is 0.307 e. The zero-order valence-corrected chi connectivity index (χ0v) is 24.4. The van der Waals surface area contributed by atoms with Gasteiger partial charge in [0.25, 0.3) is 0 Å². The average Bonchev–Trinajstić information content (AvgIpc) is 3.54. The molecule has 1 aliphatic heterocycles. The largest absolute Gasteiger partial charge is 0.490 e. The summed E-state index contributed by atoms with van der Waals surface area (Å²) in [6.45, 7) is 4.26. The van der Waals surface area contributed by atoms with Crippen LogP contribution in [0.3, 0.4) is 0 Å². The minimum atomic E-state index is -0.967. The van der Waals surface area contributed by atoms with Gasteiger partial charge in [-0.25, -0.2) is 9.37 Å². The number of hydrogen-bond donors (Lipinski definition) is 1. The fourth-order valence-electron chi connectivity index (χ4n) is 6.39. The van der Waals surface area contributed by atoms with Gasteiger partial charge in [-0.3, -0.25) is 14.5 Å². The molecule has 4 aromatic heterocycles. The normalized spacial score (nSPS) is 13.0. The number of nitrogens with zero attached hydrogens (tertiary/aromatic N) is 5. The molecule has 216 valence electrons. The van der Waals surface area contributed by atoms with Gasteiger partial charge in [0.2, 0.25) is 0 Å². The highest BCUT2D eigenvalue weighted by molar-refractivity contribution is 6.01. The van der Waals surface area contributed by atoms with E-state index in [0.717, 1.165) is 56.4 Å². The lowest BCUT2D eigenvalue weighted by molar-refractivity contribution is -0.136. The van der Waals surface area contributed by atoms with E-state index in [1.807, 2.05) is 79.9 Å². The lowest BCUT2D eigenvalue weighted by atomic mass is 9.87. The molecule has 1 N–H and O–H groups in total. The molecule has 6 aromatic rings. The Labute approximate surface area is 247 Å². The predicted octanol–water partition coefficient (Wildman–Crippen LogP) is 6.56. The molecule has 0 saturated carbocycles. The average molecular weight is 576 g/mol. The number of aliphatic carboxylic acids is 1. The van der Waals surface area contributed by atoms with E-state index in [-0.39, 0.29) is 6.42 Å². The van der Waals surface area contributed by atoms with E-state index in [0.29, 0.717) is 46.8 Å². The predicted molar refractivity (Wildman–Crippen MR) is 164 cm³/mol. The van der Waals surface area contributed by atoms with Gasteiger partial charge < -0.3 is 14.4 Å². The maximum absolute atomic E-state index is 15.4. The van der Waals surface area contributed by atoms with E-state index in [1.54, 1.807) is 0 Å². The first kappa shape index (κ1) is 26.8. The second-order valence-electron chi connectivity index (χ2n) is 11.2. The molecule has 2 aromatic carbocycles.